The third-order valence-electron chi connectivity index (χ3n) is 10.2. The Morgan fingerprint density at radius 3 is 2.56 bits per heavy atom. The van der Waals surface area contributed by atoms with E-state index in [0.29, 0.717) is 13.2 Å². The Kier molecular flexibility index (Phi) is 9.26. The number of methoxy groups -OCH3 is 2. The number of halogens is 1. The maximum absolute atomic E-state index is 14.0. The number of benzene rings is 2. The van der Waals surface area contributed by atoms with E-state index in [1.165, 1.54) is 32.4 Å². The summed E-state index contributed by atoms with van der Waals surface area (Å²) in [5.41, 5.74) is -3.61. The summed E-state index contributed by atoms with van der Waals surface area (Å²) < 4.78 is 40.5. The van der Waals surface area contributed by atoms with Gasteiger partial charge in [0.1, 0.15) is 34.3 Å². The van der Waals surface area contributed by atoms with E-state index in [1.54, 1.807) is 0 Å². The summed E-state index contributed by atoms with van der Waals surface area (Å²) >= 11 is 2.96. The van der Waals surface area contributed by atoms with Gasteiger partial charge in [-0.25, -0.2) is 0 Å². The predicted molar refractivity (Wildman–Crippen MR) is 171 cm³/mol. The van der Waals surface area contributed by atoms with E-state index >= 15 is 0 Å². The summed E-state index contributed by atoms with van der Waals surface area (Å²) in [6, 6.07) is 4.21. The molecule has 3 saturated heterocycles. The molecule has 3 fully saturated rings. The number of alkyl halides is 1. The molecule has 0 bridgehead atoms. The van der Waals surface area contributed by atoms with Crippen LogP contribution in [0.4, 0.5) is 0 Å². The van der Waals surface area contributed by atoms with Gasteiger partial charge >= 0.3 is 5.97 Å². The number of phenols is 2. The van der Waals surface area contributed by atoms with Gasteiger partial charge in [-0.1, -0.05) is 28.1 Å². The molecular weight excluding hydrogens is 726 g/mol. The molecule has 0 spiro atoms. The maximum atomic E-state index is 14.0. The molecule has 50 heavy (non-hydrogen) atoms. The molecule has 2 aliphatic carbocycles. The van der Waals surface area contributed by atoms with Gasteiger partial charge in [0.2, 0.25) is 11.6 Å². The van der Waals surface area contributed by atoms with Gasteiger partial charge in [0.25, 0.3) is 0 Å². The van der Waals surface area contributed by atoms with E-state index in [4.69, 9.17) is 33.2 Å². The molecule has 0 unspecified atom stereocenters. The fourth-order valence-corrected chi connectivity index (χ4v) is 8.02. The lowest BCUT2D eigenvalue weighted by Crippen LogP contribution is -2.55. The van der Waals surface area contributed by atoms with Gasteiger partial charge in [-0.05, 0) is 13.0 Å². The Bertz CT molecular complexity index is 1770. The monoisotopic (exact) mass is 761 g/mol. The lowest BCUT2D eigenvalue weighted by atomic mass is 9.72. The Balaban J connectivity index is 1.29. The largest absolute Gasteiger partial charge is 0.507 e. The highest BCUT2D eigenvalue weighted by Crippen LogP contribution is 2.53. The minimum atomic E-state index is -2.29. The first-order chi connectivity index (χ1) is 23.9. The number of carbonyl (C=O) groups excluding carboxylic acids is 4. The molecule has 0 amide bonds. The summed E-state index contributed by atoms with van der Waals surface area (Å²) in [6.07, 6.45) is -5.06. The first kappa shape index (κ1) is 34.9. The number of aliphatic hydroxyl groups is 1. The number of hydrogen-bond donors (Lipinski definition) is 3. The molecule has 3 heterocycles. The number of fused-ring (bicyclic) bond motifs is 6. The van der Waals surface area contributed by atoms with Crippen molar-refractivity contribution in [3.05, 3.63) is 51.6 Å². The number of carbonyl (C=O) groups is 4. The van der Waals surface area contributed by atoms with Crippen molar-refractivity contribution >= 4 is 39.2 Å². The predicted octanol–water partition coefficient (Wildman–Crippen LogP) is 1.66. The number of Topliss-reactive ketones (excluding diaryl/α,β-unsaturated/α-hetero) is 1. The van der Waals surface area contributed by atoms with Crippen LogP contribution in [0.2, 0.25) is 0 Å². The Morgan fingerprint density at radius 1 is 1.08 bits per heavy atom. The number of morpholine rings is 1. The van der Waals surface area contributed by atoms with Crippen LogP contribution < -0.4 is 4.74 Å². The van der Waals surface area contributed by atoms with Crippen molar-refractivity contribution in [1.29, 1.82) is 0 Å². The van der Waals surface area contributed by atoms with Crippen LogP contribution in [0, 0.1) is 0 Å². The second-order valence-electron chi connectivity index (χ2n) is 12.9. The quantitative estimate of drug-likeness (QED) is 0.170. The van der Waals surface area contributed by atoms with Crippen molar-refractivity contribution in [3.8, 4) is 17.2 Å². The third kappa shape index (κ3) is 5.53. The number of esters is 1. The molecule has 8 atom stereocenters. The fraction of sp³-hybridized carbons (Fsp3) is 0.529. The molecule has 7 rings (SSSR count). The number of ketones is 3. The van der Waals surface area contributed by atoms with E-state index in [1.807, 2.05) is 6.92 Å². The minimum absolute atomic E-state index is 0.0526. The average molecular weight is 763 g/mol. The summed E-state index contributed by atoms with van der Waals surface area (Å²) in [5, 5.41) is 35.3. The molecule has 16 heteroatoms. The number of hydrogen-bond acceptors (Lipinski definition) is 15. The third-order valence-corrected chi connectivity index (χ3v) is 10.6. The Labute approximate surface area is 294 Å². The summed E-state index contributed by atoms with van der Waals surface area (Å²) in [6.45, 7) is 1.99. The van der Waals surface area contributed by atoms with Gasteiger partial charge in [-0.2, -0.15) is 0 Å². The number of nitrogens with zero attached hydrogens (tertiary/aromatic N) is 1. The first-order valence-corrected chi connectivity index (χ1v) is 17.2. The molecule has 0 saturated carbocycles. The summed E-state index contributed by atoms with van der Waals surface area (Å²) in [4.78, 5) is 55.3. The lowest BCUT2D eigenvalue weighted by Gasteiger charge is -2.43. The highest BCUT2D eigenvalue weighted by molar-refractivity contribution is 9.09. The average Bonchev–Trinajstić information content (AvgIpc) is 3.49. The maximum Gasteiger partial charge on any atom is 0.316 e. The standard InChI is InChI=1S/C34H36BrNO14/c1-14-31-17(36-7-8-46-33(45-3)32(36)50-31)9-22(48-14)49-19-11-34(43,20(37)13-47-21(38)12-35)10-16-24(19)30(42)26-25(28(16)40)27(39)15-5-4-6-18(44-2)23(15)29(26)41/h4-6,14,17,19,22,31-33,40,42-43H,7-13H2,1-3H3/t14-,17-,19-,22-,31+,32+,33-,34-/m0/s1. The normalized spacial score (nSPS) is 31.6. The fourth-order valence-electron chi connectivity index (χ4n) is 7.86. The second kappa shape index (κ2) is 13.2. The van der Waals surface area contributed by atoms with Gasteiger partial charge in [0, 0.05) is 55.6 Å². The van der Waals surface area contributed by atoms with Crippen molar-refractivity contribution in [2.75, 3.05) is 39.3 Å². The molecule has 3 aliphatic heterocycles. The van der Waals surface area contributed by atoms with Crippen molar-refractivity contribution in [2.24, 2.45) is 0 Å². The van der Waals surface area contributed by atoms with Crippen molar-refractivity contribution in [3.63, 3.8) is 0 Å². The van der Waals surface area contributed by atoms with Gasteiger partial charge in [-0.3, -0.25) is 24.1 Å². The van der Waals surface area contributed by atoms with Gasteiger partial charge in [-0.15, -0.1) is 0 Å². The van der Waals surface area contributed by atoms with E-state index in [0.717, 1.165) is 0 Å². The van der Waals surface area contributed by atoms with Crippen molar-refractivity contribution < 1.29 is 67.7 Å². The molecule has 2 aromatic rings. The van der Waals surface area contributed by atoms with Gasteiger partial charge in [0.05, 0.1) is 42.6 Å². The zero-order valence-corrected chi connectivity index (χ0v) is 29.0. The molecule has 3 N–H and O–H groups in total. The number of aromatic hydroxyl groups is 2. The minimum Gasteiger partial charge on any atom is -0.507 e. The van der Waals surface area contributed by atoms with Crippen LogP contribution >= 0.6 is 15.9 Å². The van der Waals surface area contributed by atoms with Crippen LogP contribution in [0.1, 0.15) is 68.8 Å². The smallest absolute Gasteiger partial charge is 0.316 e. The van der Waals surface area contributed by atoms with Gasteiger partial charge < -0.3 is 48.5 Å². The number of phenolic OH excluding ortho intramolecular Hbond substituents is 2. The molecule has 15 nitrogen and oxygen atoms in total. The molecule has 0 radical (unpaired) electrons. The molecule has 5 aliphatic rings. The van der Waals surface area contributed by atoms with E-state index < -0.39 is 102 Å². The molecule has 0 aromatic heterocycles. The second-order valence-corrected chi connectivity index (χ2v) is 13.5. The zero-order valence-electron chi connectivity index (χ0n) is 27.4. The number of ether oxygens (including phenoxy) is 7. The van der Waals surface area contributed by atoms with Crippen molar-refractivity contribution in [1.82, 2.24) is 4.90 Å². The van der Waals surface area contributed by atoms with Gasteiger partial charge in [0.15, 0.2) is 31.2 Å². The van der Waals surface area contributed by atoms with E-state index in [-0.39, 0.29) is 51.9 Å². The van der Waals surface area contributed by atoms with Crippen LogP contribution in [-0.2, 0) is 44.4 Å². The zero-order chi connectivity index (χ0) is 35.6. The van der Waals surface area contributed by atoms with E-state index in [2.05, 4.69) is 20.8 Å². The highest BCUT2D eigenvalue weighted by atomic mass is 79.9. The summed E-state index contributed by atoms with van der Waals surface area (Å²) in [5.74, 6) is -4.41. The highest BCUT2D eigenvalue weighted by Gasteiger charge is 2.55. The van der Waals surface area contributed by atoms with Crippen molar-refractivity contribution in [2.45, 2.75) is 74.9 Å². The lowest BCUT2D eigenvalue weighted by molar-refractivity contribution is -0.256. The topological polar surface area (TPSA) is 197 Å². The molecule has 268 valence electrons. The summed E-state index contributed by atoms with van der Waals surface area (Å²) in [7, 11) is 2.87. The van der Waals surface area contributed by atoms with E-state index in [9.17, 15) is 34.5 Å². The Hall–Kier alpha value is -3.48. The molecular formula is C34H36BrNO14. The van der Waals surface area contributed by atoms with Crippen LogP contribution in [-0.4, -0.2) is 126 Å². The van der Waals surface area contributed by atoms with Crippen LogP contribution in [0.5, 0.6) is 17.2 Å². The number of rotatable bonds is 8. The SMILES string of the molecule is COc1cccc2c1C(=O)c1c(O)c3c(c(O)c1C2=O)C[C@@](O)(C(=O)COC(=O)CBr)C[C@@H]3O[C@H]1C[C@H]2[C@H](O[C@@H]3[C@@H](OC)OCCN32)[C@H](C)O1. The molecule has 2 aromatic carbocycles. The first-order valence-electron chi connectivity index (χ1n) is 16.1. The van der Waals surface area contributed by atoms with Crippen LogP contribution in [0.15, 0.2) is 18.2 Å². The Morgan fingerprint density at radius 2 is 1.84 bits per heavy atom. The van der Waals surface area contributed by atoms with Crippen LogP contribution in [0.3, 0.4) is 0 Å². The van der Waals surface area contributed by atoms with Crippen LogP contribution in [0.25, 0.3) is 0 Å².